The normalized spacial score (nSPS) is 10.2. The third-order valence-electron chi connectivity index (χ3n) is 2.26. The van der Waals surface area contributed by atoms with Crippen molar-refractivity contribution in [2.75, 3.05) is 0 Å². The van der Waals surface area contributed by atoms with Gasteiger partial charge in [-0.1, -0.05) is 11.8 Å². The molecule has 9 heteroatoms. The zero-order valence-electron chi connectivity index (χ0n) is 9.77. The van der Waals surface area contributed by atoms with Crippen molar-refractivity contribution in [1.29, 1.82) is 0 Å². The van der Waals surface area contributed by atoms with Crippen molar-refractivity contribution >= 4 is 23.4 Å². The molecular weight excluding hydrogens is 286 g/mol. The summed E-state index contributed by atoms with van der Waals surface area (Å²) in [5.41, 5.74) is -0.918. The van der Waals surface area contributed by atoms with Crippen LogP contribution in [-0.4, -0.2) is 26.0 Å². The van der Waals surface area contributed by atoms with Crippen LogP contribution in [0.3, 0.4) is 0 Å². The minimum Gasteiger partial charge on any atom is -0.478 e. The van der Waals surface area contributed by atoms with Gasteiger partial charge in [0.2, 0.25) is 0 Å². The van der Waals surface area contributed by atoms with Crippen LogP contribution in [0.1, 0.15) is 10.4 Å². The molecule has 0 saturated carbocycles. The zero-order chi connectivity index (χ0) is 14.7. The molecule has 2 aromatic rings. The Balaban J connectivity index is 2.43. The minimum atomic E-state index is -1.30. The molecule has 0 atom stereocenters. The average molecular weight is 293 g/mol. The predicted octanol–water partition coefficient (Wildman–Crippen LogP) is 1.53. The number of nitrogens with one attached hydrogen (secondary N) is 1. The number of aromatic carboxylic acids is 1. The second-order valence-corrected chi connectivity index (χ2v) is 4.61. The lowest BCUT2D eigenvalue weighted by atomic mass is 10.2. The summed E-state index contributed by atoms with van der Waals surface area (Å²) in [7, 11) is 0. The van der Waals surface area contributed by atoms with Gasteiger partial charge in [0.1, 0.15) is 0 Å². The van der Waals surface area contributed by atoms with Gasteiger partial charge >= 0.3 is 5.97 Å². The highest BCUT2D eigenvalue weighted by molar-refractivity contribution is 7.99. The third kappa shape index (κ3) is 3.01. The van der Waals surface area contributed by atoms with E-state index in [1.807, 2.05) is 0 Å². The number of carboxylic acid groups (broad SMARTS) is 1. The van der Waals surface area contributed by atoms with E-state index in [0.29, 0.717) is 0 Å². The van der Waals surface area contributed by atoms with Crippen LogP contribution in [-0.2, 0) is 0 Å². The summed E-state index contributed by atoms with van der Waals surface area (Å²) in [5, 5.41) is 19.9. The summed E-state index contributed by atoms with van der Waals surface area (Å²) in [4.78, 5) is 38.8. The number of rotatable bonds is 4. The Labute approximate surface area is 115 Å². The lowest BCUT2D eigenvalue weighted by molar-refractivity contribution is -0.384. The molecule has 20 heavy (non-hydrogen) atoms. The highest BCUT2D eigenvalue weighted by atomic mass is 32.2. The van der Waals surface area contributed by atoms with Crippen LogP contribution in [0.2, 0.25) is 0 Å². The molecule has 1 aromatic carbocycles. The van der Waals surface area contributed by atoms with Crippen molar-refractivity contribution in [3.05, 3.63) is 56.5 Å². The number of nitro benzene ring substituents is 1. The highest BCUT2D eigenvalue weighted by Crippen LogP contribution is 2.30. The second kappa shape index (κ2) is 5.53. The van der Waals surface area contributed by atoms with E-state index in [2.05, 4.69) is 9.97 Å². The molecule has 0 spiro atoms. The summed E-state index contributed by atoms with van der Waals surface area (Å²) < 4.78 is 0. The second-order valence-electron chi connectivity index (χ2n) is 3.58. The van der Waals surface area contributed by atoms with E-state index in [1.54, 1.807) is 0 Å². The molecule has 0 bridgehead atoms. The fraction of sp³-hybridized carbons (Fsp3) is 0. The van der Waals surface area contributed by atoms with Crippen LogP contribution in [0.4, 0.5) is 5.69 Å². The number of nitro groups is 1. The van der Waals surface area contributed by atoms with Crippen LogP contribution < -0.4 is 5.56 Å². The Hall–Kier alpha value is -2.68. The van der Waals surface area contributed by atoms with Gasteiger partial charge in [0.05, 0.1) is 10.5 Å². The van der Waals surface area contributed by atoms with Gasteiger partial charge in [-0.2, -0.15) is 0 Å². The van der Waals surface area contributed by atoms with Crippen molar-refractivity contribution < 1.29 is 14.8 Å². The number of nitrogens with zero attached hydrogens (tertiary/aromatic N) is 2. The van der Waals surface area contributed by atoms with Crippen LogP contribution >= 0.6 is 11.8 Å². The van der Waals surface area contributed by atoms with E-state index >= 15 is 0 Å². The average Bonchev–Trinajstić information content (AvgIpc) is 2.38. The standard InChI is InChI=1S/C11H7N3O5S/c15-9-3-4-12-11(13-9)20-8-2-1-6(14(18)19)5-7(8)10(16)17/h1-5H,(H,16,17)(H,12,13,15). The van der Waals surface area contributed by atoms with E-state index < -0.39 is 10.9 Å². The van der Waals surface area contributed by atoms with Crippen molar-refractivity contribution in [2.45, 2.75) is 10.1 Å². The molecule has 0 fully saturated rings. The number of benzene rings is 1. The smallest absolute Gasteiger partial charge is 0.337 e. The first-order valence-electron chi connectivity index (χ1n) is 5.22. The third-order valence-corrected chi connectivity index (χ3v) is 3.24. The van der Waals surface area contributed by atoms with Crippen LogP contribution in [0, 0.1) is 10.1 Å². The van der Waals surface area contributed by atoms with E-state index in [0.717, 1.165) is 17.8 Å². The monoisotopic (exact) mass is 293 g/mol. The quantitative estimate of drug-likeness (QED) is 0.497. The zero-order valence-corrected chi connectivity index (χ0v) is 10.6. The maximum atomic E-state index is 11.1. The van der Waals surface area contributed by atoms with Crippen LogP contribution in [0.15, 0.2) is 45.3 Å². The SMILES string of the molecule is O=C(O)c1cc([N+](=O)[O-])ccc1Sc1nccc(=O)[nH]1. The van der Waals surface area contributed by atoms with Gasteiger partial charge in [-0.3, -0.25) is 14.9 Å². The first-order chi connectivity index (χ1) is 9.47. The van der Waals surface area contributed by atoms with Crippen LogP contribution in [0.25, 0.3) is 0 Å². The van der Waals surface area contributed by atoms with E-state index in [1.165, 1.54) is 24.4 Å². The van der Waals surface area contributed by atoms with Gasteiger partial charge in [0.15, 0.2) is 5.16 Å². The molecule has 1 heterocycles. The minimum absolute atomic E-state index is 0.203. The summed E-state index contributed by atoms with van der Waals surface area (Å²) in [6, 6.07) is 4.68. The van der Waals surface area contributed by atoms with E-state index in [-0.39, 0.29) is 26.9 Å². The largest absolute Gasteiger partial charge is 0.478 e. The Morgan fingerprint density at radius 2 is 2.15 bits per heavy atom. The number of non-ortho nitro benzene ring substituents is 1. The number of carboxylic acids is 1. The first kappa shape index (κ1) is 13.7. The lowest BCUT2D eigenvalue weighted by Crippen LogP contribution is -2.06. The molecule has 0 amide bonds. The van der Waals surface area contributed by atoms with Crippen molar-refractivity contribution in [3.63, 3.8) is 0 Å². The van der Waals surface area contributed by atoms with Crippen molar-refractivity contribution in [1.82, 2.24) is 9.97 Å². The Kier molecular flexibility index (Phi) is 3.80. The Morgan fingerprint density at radius 1 is 1.40 bits per heavy atom. The number of carbonyl (C=O) groups is 1. The molecular formula is C11H7N3O5S. The molecule has 102 valence electrons. The van der Waals surface area contributed by atoms with Gasteiger partial charge in [0.25, 0.3) is 11.2 Å². The molecule has 1 aromatic heterocycles. The van der Waals surface area contributed by atoms with Crippen molar-refractivity contribution in [2.24, 2.45) is 0 Å². The van der Waals surface area contributed by atoms with Gasteiger partial charge < -0.3 is 10.1 Å². The molecule has 0 aliphatic heterocycles. The molecule has 2 rings (SSSR count). The number of hydrogen-bond acceptors (Lipinski definition) is 6. The molecule has 0 saturated heterocycles. The van der Waals surface area contributed by atoms with Crippen molar-refractivity contribution in [3.8, 4) is 0 Å². The summed E-state index contributed by atoms with van der Waals surface area (Å²) in [6.07, 6.45) is 1.28. The fourth-order valence-electron chi connectivity index (χ4n) is 1.40. The molecule has 0 aliphatic rings. The highest BCUT2D eigenvalue weighted by Gasteiger charge is 2.17. The molecule has 8 nitrogen and oxygen atoms in total. The topological polar surface area (TPSA) is 126 Å². The number of hydrogen-bond donors (Lipinski definition) is 2. The van der Waals surface area contributed by atoms with Gasteiger partial charge in [-0.05, 0) is 6.07 Å². The number of aromatic amines is 1. The molecule has 0 unspecified atom stereocenters. The summed E-state index contributed by atoms with van der Waals surface area (Å²) >= 11 is 0.907. The maximum Gasteiger partial charge on any atom is 0.337 e. The number of aromatic nitrogens is 2. The lowest BCUT2D eigenvalue weighted by Gasteiger charge is -2.04. The molecule has 0 aliphatic carbocycles. The number of H-pyrrole nitrogens is 1. The van der Waals surface area contributed by atoms with Gasteiger partial charge in [-0.15, -0.1) is 0 Å². The van der Waals surface area contributed by atoms with Gasteiger partial charge in [0, 0.05) is 29.3 Å². The van der Waals surface area contributed by atoms with Gasteiger partial charge in [-0.25, -0.2) is 9.78 Å². The summed E-state index contributed by atoms with van der Waals surface area (Å²) in [5.74, 6) is -1.30. The fourth-order valence-corrected chi connectivity index (χ4v) is 2.26. The molecule has 0 radical (unpaired) electrons. The molecule has 2 N–H and O–H groups in total. The first-order valence-corrected chi connectivity index (χ1v) is 6.04. The Bertz CT molecular complexity index is 743. The summed E-state index contributed by atoms with van der Waals surface area (Å²) in [6.45, 7) is 0. The van der Waals surface area contributed by atoms with Crippen LogP contribution in [0.5, 0.6) is 0 Å². The Morgan fingerprint density at radius 3 is 2.75 bits per heavy atom. The van der Waals surface area contributed by atoms with E-state index in [4.69, 9.17) is 5.11 Å². The van der Waals surface area contributed by atoms with E-state index in [9.17, 15) is 19.7 Å². The predicted molar refractivity (Wildman–Crippen MR) is 69.0 cm³/mol. The maximum absolute atomic E-state index is 11.1.